The quantitative estimate of drug-likeness (QED) is 0.430. The third-order valence-electron chi connectivity index (χ3n) is 5.95. The lowest BCUT2D eigenvalue weighted by Crippen LogP contribution is -2.29. The average molecular weight is 445 g/mol. The highest BCUT2D eigenvalue weighted by Gasteiger charge is 2.08. The average Bonchev–Trinajstić information content (AvgIpc) is 2.85. The lowest BCUT2D eigenvalue weighted by Gasteiger charge is -2.17. The highest BCUT2D eigenvalue weighted by Crippen LogP contribution is 2.23. The van der Waals surface area contributed by atoms with Crippen molar-refractivity contribution in [3.05, 3.63) is 77.5 Å². The third-order valence-corrected chi connectivity index (χ3v) is 5.95. The molecule has 0 radical (unpaired) electrons. The number of nitrogens with one attached hydrogen (secondary N) is 2. The van der Waals surface area contributed by atoms with Crippen LogP contribution in [0, 0.1) is 12.8 Å². The molecule has 2 aromatic rings. The van der Waals surface area contributed by atoms with Crippen molar-refractivity contribution < 1.29 is 4.79 Å². The molecule has 0 saturated carbocycles. The number of carbonyl (C=O) groups excluding carboxylic acids is 1. The molecule has 1 amide bonds. The molecule has 0 saturated heterocycles. The van der Waals surface area contributed by atoms with Crippen molar-refractivity contribution in [3.63, 3.8) is 0 Å². The van der Waals surface area contributed by atoms with E-state index in [1.54, 1.807) is 0 Å². The summed E-state index contributed by atoms with van der Waals surface area (Å²) in [5, 5.41) is 6.50. The second-order valence-electron chi connectivity index (χ2n) is 8.34. The predicted molar refractivity (Wildman–Crippen MR) is 140 cm³/mol. The minimum absolute atomic E-state index is 0.0144. The van der Waals surface area contributed by atoms with E-state index in [1.165, 1.54) is 5.56 Å². The first-order valence-corrected chi connectivity index (χ1v) is 11.9. The number of anilines is 2. The highest BCUT2D eigenvalue weighted by atomic mass is 16.1. The fourth-order valence-corrected chi connectivity index (χ4v) is 3.78. The van der Waals surface area contributed by atoms with Gasteiger partial charge in [-0.3, -0.25) is 9.79 Å². The van der Waals surface area contributed by atoms with Crippen LogP contribution in [0.2, 0.25) is 0 Å². The van der Waals surface area contributed by atoms with Crippen LogP contribution in [0.15, 0.2) is 65.8 Å². The van der Waals surface area contributed by atoms with Crippen LogP contribution in [0.5, 0.6) is 0 Å². The lowest BCUT2D eigenvalue weighted by molar-refractivity contribution is 0.0952. The number of hydrogen-bond acceptors (Lipinski definition) is 4. The summed E-state index contributed by atoms with van der Waals surface area (Å²) < 4.78 is 0. The number of allylic oxidation sites excluding steroid dienone is 2. The molecule has 1 heterocycles. The van der Waals surface area contributed by atoms with E-state index < -0.39 is 0 Å². The molecule has 5 heteroatoms. The molecule has 174 valence electrons. The van der Waals surface area contributed by atoms with Gasteiger partial charge in [0.2, 0.25) is 0 Å². The van der Waals surface area contributed by atoms with Gasteiger partial charge in [-0.15, -0.1) is 0 Å². The first-order valence-electron chi connectivity index (χ1n) is 11.9. The molecule has 3 rings (SSSR count). The van der Waals surface area contributed by atoms with E-state index in [-0.39, 0.29) is 5.91 Å². The van der Waals surface area contributed by atoms with E-state index in [9.17, 15) is 4.79 Å². The Morgan fingerprint density at radius 1 is 1.15 bits per heavy atom. The molecule has 5 nitrogen and oxygen atoms in total. The van der Waals surface area contributed by atoms with E-state index in [2.05, 4.69) is 76.9 Å². The number of aliphatic imine (C=N–C) groups is 1. The van der Waals surface area contributed by atoms with Crippen LogP contribution >= 0.6 is 0 Å². The van der Waals surface area contributed by atoms with Crippen LogP contribution in [-0.2, 0) is 0 Å². The van der Waals surface area contributed by atoms with Gasteiger partial charge in [-0.05, 0) is 80.9 Å². The Balaban J connectivity index is 1.51. The van der Waals surface area contributed by atoms with Crippen LogP contribution < -0.4 is 10.6 Å². The molecule has 1 unspecified atom stereocenters. The molecule has 0 bridgehead atoms. The summed E-state index contributed by atoms with van der Waals surface area (Å²) in [7, 11) is 0. The maximum atomic E-state index is 12.5. The summed E-state index contributed by atoms with van der Waals surface area (Å²) in [5.41, 5.74) is 4.93. The zero-order valence-electron chi connectivity index (χ0n) is 20.1. The molecule has 1 aliphatic heterocycles. The SMILES string of the molecule is CCN(CC)CCCNC(=O)c1ccc(Nc2ccc(/C=C/C3C=CN=CC3)cc2)c(C)c1. The molecule has 33 heavy (non-hydrogen) atoms. The zero-order chi connectivity index (χ0) is 23.5. The Labute approximate surface area is 198 Å². The van der Waals surface area contributed by atoms with Crippen molar-refractivity contribution in [2.24, 2.45) is 10.9 Å². The number of carbonyl (C=O) groups is 1. The molecule has 0 aromatic heterocycles. The summed E-state index contributed by atoms with van der Waals surface area (Å²) in [4.78, 5) is 19.0. The third kappa shape index (κ3) is 7.72. The van der Waals surface area contributed by atoms with Gasteiger partial charge in [0, 0.05) is 41.8 Å². The predicted octanol–water partition coefficient (Wildman–Crippen LogP) is 5.82. The molecule has 2 aromatic carbocycles. The summed E-state index contributed by atoms with van der Waals surface area (Å²) in [6, 6.07) is 14.2. The molecule has 2 N–H and O–H groups in total. The van der Waals surface area contributed by atoms with Gasteiger partial charge >= 0.3 is 0 Å². The first kappa shape index (κ1) is 24.5. The van der Waals surface area contributed by atoms with Crippen molar-refractivity contribution in [2.75, 3.05) is 31.5 Å². The summed E-state index contributed by atoms with van der Waals surface area (Å²) >= 11 is 0. The monoisotopic (exact) mass is 444 g/mol. The van der Waals surface area contributed by atoms with E-state index >= 15 is 0 Å². The molecule has 1 aliphatic rings. The molecular formula is C28H36N4O. The first-order chi connectivity index (χ1) is 16.1. The number of hydrogen-bond donors (Lipinski definition) is 2. The van der Waals surface area contributed by atoms with Crippen molar-refractivity contribution in [2.45, 2.75) is 33.6 Å². The molecule has 1 atom stereocenters. The number of amides is 1. The summed E-state index contributed by atoms with van der Waals surface area (Å²) in [6.45, 7) is 10.2. The standard InChI is InChI=1S/C28H36N4O/c1-4-32(5-2)20-6-17-30-28(33)25-11-14-27(22(3)21-25)31-26-12-9-23(10-13-26)7-8-24-15-18-29-19-16-24/h7-15,18-19,21,24,31H,4-6,16-17,20H2,1-3H3,(H,30,33)/b8-7+. The van der Waals surface area contributed by atoms with Gasteiger partial charge in [-0.1, -0.05) is 44.2 Å². The van der Waals surface area contributed by atoms with Crippen LogP contribution in [-0.4, -0.2) is 43.2 Å². The van der Waals surface area contributed by atoms with Gasteiger partial charge < -0.3 is 15.5 Å². The normalized spacial score (nSPS) is 15.3. The van der Waals surface area contributed by atoms with E-state index in [0.717, 1.165) is 49.4 Å². The molecule has 0 aliphatic carbocycles. The second kappa shape index (κ2) is 12.8. The Morgan fingerprint density at radius 2 is 1.94 bits per heavy atom. The Bertz CT molecular complexity index is 987. The molecule has 0 spiro atoms. The van der Waals surface area contributed by atoms with Gasteiger partial charge in [-0.25, -0.2) is 0 Å². The number of rotatable bonds is 11. The minimum Gasteiger partial charge on any atom is -0.355 e. The fraction of sp³-hybridized carbons (Fsp3) is 0.357. The zero-order valence-corrected chi connectivity index (χ0v) is 20.1. The second-order valence-corrected chi connectivity index (χ2v) is 8.34. The van der Waals surface area contributed by atoms with E-state index in [1.807, 2.05) is 37.5 Å². The van der Waals surface area contributed by atoms with Crippen molar-refractivity contribution in [1.29, 1.82) is 0 Å². The highest BCUT2D eigenvalue weighted by molar-refractivity contribution is 5.95. The van der Waals surface area contributed by atoms with Gasteiger partial charge in [0.15, 0.2) is 0 Å². The van der Waals surface area contributed by atoms with Crippen molar-refractivity contribution in [3.8, 4) is 0 Å². The molecular weight excluding hydrogens is 408 g/mol. The van der Waals surface area contributed by atoms with Crippen molar-refractivity contribution in [1.82, 2.24) is 10.2 Å². The van der Waals surface area contributed by atoms with Gasteiger partial charge in [-0.2, -0.15) is 0 Å². The number of nitrogens with zero attached hydrogens (tertiary/aromatic N) is 2. The van der Waals surface area contributed by atoms with Gasteiger partial charge in [0.1, 0.15) is 0 Å². The van der Waals surface area contributed by atoms with Crippen molar-refractivity contribution >= 4 is 29.6 Å². The number of benzene rings is 2. The summed E-state index contributed by atoms with van der Waals surface area (Å²) in [6.07, 6.45) is 12.2. The van der Waals surface area contributed by atoms with Crippen LogP contribution in [0.3, 0.4) is 0 Å². The smallest absolute Gasteiger partial charge is 0.251 e. The Kier molecular flexibility index (Phi) is 9.45. The Morgan fingerprint density at radius 3 is 2.61 bits per heavy atom. The van der Waals surface area contributed by atoms with Gasteiger partial charge in [0.05, 0.1) is 0 Å². The van der Waals surface area contributed by atoms with Crippen LogP contribution in [0.1, 0.15) is 48.2 Å². The summed E-state index contributed by atoms with van der Waals surface area (Å²) in [5.74, 6) is 0.403. The van der Waals surface area contributed by atoms with E-state index in [4.69, 9.17) is 0 Å². The van der Waals surface area contributed by atoms with E-state index in [0.29, 0.717) is 18.0 Å². The minimum atomic E-state index is -0.0144. The number of aryl methyl sites for hydroxylation is 1. The maximum Gasteiger partial charge on any atom is 0.251 e. The topological polar surface area (TPSA) is 56.7 Å². The van der Waals surface area contributed by atoms with Gasteiger partial charge in [0.25, 0.3) is 5.91 Å². The fourth-order valence-electron chi connectivity index (χ4n) is 3.78. The van der Waals surface area contributed by atoms with Crippen LogP contribution in [0.25, 0.3) is 6.08 Å². The lowest BCUT2D eigenvalue weighted by atomic mass is 10.0. The molecule has 0 fully saturated rings. The maximum absolute atomic E-state index is 12.5. The largest absolute Gasteiger partial charge is 0.355 e. The Hall–Kier alpha value is -3.18. The van der Waals surface area contributed by atoms with Crippen LogP contribution in [0.4, 0.5) is 11.4 Å².